The van der Waals surface area contributed by atoms with Crippen molar-refractivity contribution in [2.45, 2.75) is 0 Å². The van der Waals surface area contributed by atoms with E-state index in [4.69, 9.17) is 4.74 Å². The fourth-order valence-electron chi connectivity index (χ4n) is 8.73. The molecule has 0 saturated heterocycles. The monoisotopic (exact) mass is 739 g/mol. The van der Waals surface area contributed by atoms with Gasteiger partial charge < -0.3 is 9.64 Å². The second-order valence-electron chi connectivity index (χ2n) is 14.9. The molecule has 2 heteroatoms. The summed E-state index contributed by atoms with van der Waals surface area (Å²) < 4.78 is 6.45. The minimum atomic E-state index is 0.896. The first-order valence-corrected chi connectivity index (χ1v) is 19.8. The van der Waals surface area contributed by atoms with Crippen LogP contribution in [0.15, 0.2) is 224 Å². The standard InChI is InChI=1S/C56H37NO/c1-3-14-39(15-4-1)46-33-30-42(37-52(46)41-16-5-2-6-17-41)38-28-31-44(32-29-38)57(53-26-12-19-40-18-7-8-22-48(40)53)45-21-11-20-43(36-45)47-34-35-55-56-50(47)24-13-25-51(56)49-23-9-10-27-54(49)58-55/h1-37H. The van der Waals surface area contributed by atoms with Gasteiger partial charge >= 0.3 is 0 Å². The summed E-state index contributed by atoms with van der Waals surface area (Å²) in [6.07, 6.45) is 0. The maximum atomic E-state index is 6.45. The van der Waals surface area contributed by atoms with Crippen molar-refractivity contribution in [3.05, 3.63) is 224 Å². The van der Waals surface area contributed by atoms with Gasteiger partial charge in [0.2, 0.25) is 0 Å². The first kappa shape index (κ1) is 33.6. The summed E-state index contributed by atoms with van der Waals surface area (Å²) in [6, 6.07) is 80.7. The number of fused-ring (bicyclic) bond motifs is 3. The molecule has 1 aliphatic heterocycles. The third-order valence-electron chi connectivity index (χ3n) is 11.5. The first-order valence-electron chi connectivity index (χ1n) is 19.8. The van der Waals surface area contributed by atoms with Gasteiger partial charge in [-0.1, -0.05) is 176 Å². The molecule has 0 atom stereocenters. The van der Waals surface area contributed by atoms with Crippen molar-refractivity contribution in [2.24, 2.45) is 0 Å². The van der Waals surface area contributed by atoms with Gasteiger partial charge in [0.05, 0.1) is 5.69 Å². The number of nitrogens with zero attached hydrogens (tertiary/aromatic N) is 1. The van der Waals surface area contributed by atoms with Gasteiger partial charge in [-0.2, -0.15) is 0 Å². The molecule has 0 unspecified atom stereocenters. The fraction of sp³-hybridized carbons (Fsp3) is 0. The van der Waals surface area contributed by atoms with E-state index in [1.54, 1.807) is 0 Å². The van der Waals surface area contributed by atoms with Gasteiger partial charge in [0.15, 0.2) is 0 Å². The van der Waals surface area contributed by atoms with Crippen LogP contribution < -0.4 is 9.64 Å². The maximum absolute atomic E-state index is 6.45. The Kier molecular flexibility index (Phi) is 8.19. The van der Waals surface area contributed by atoms with Crippen molar-refractivity contribution in [1.82, 2.24) is 0 Å². The Morgan fingerprint density at radius 2 is 0.914 bits per heavy atom. The molecular weight excluding hydrogens is 703 g/mol. The number of hydrogen-bond donors (Lipinski definition) is 0. The Morgan fingerprint density at radius 3 is 1.76 bits per heavy atom. The van der Waals surface area contributed by atoms with Crippen LogP contribution in [0.25, 0.3) is 77.2 Å². The number of para-hydroxylation sites is 1. The molecule has 1 heterocycles. The minimum absolute atomic E-state index is 0.896. The zero-order chi connectivity index (χ0) is 38.4. The van der Waals surface area contributed by atoms with E-state index in [1.165, 1.54) is 60.7 Å². The Balaban J connectivity index is 1.03. The number of benzene rings is 10. The lowest BCUT2D eigenvalue weighted by Gasteiger charge is -2.28. The van der Waals surface area contributed by atoms with Crippen LogP contribution in [-0.2, 0) is 0 Å². The molecule has 272 valence electrons. The lowest BCUT2D eigenvalue weighted by atomic mass is 9.90. The van der Waals surface area contributed by atoms with Gasteiger partial charge in [-0.25, -0.2) is 0 Å². The van der Waals surface area contributed by atoms with E-state index in [1.807, 2.05) is 12.1 Å². The Labute approximate surface area is 338 Å². The number of ether oxygens (including phenoxy) is 1. The van der Waals surface area contributed by atoms with E-state index in [9.17, 15) is 0 Å². The number of rotatable bonds is 7. The average molecular weight is 740 g/mol. The summed E-state index contributed by atoms with van der Waals surface area (Å²) in [4.78, 5) is 2.40. The van der Waals surface area contributed by atoms with E-state index in [0.29, 0.717) is 0 Å². The van der Waals surface area contributed by atoms with Gasteiger partial charge in [0.1, 0.15) is 11.5 Å². The van der Waals surface area contributed by atoms with Crippen LogP contribution in [0.4, 0.5) is 17.1 Å². The molecule has 0 radical (unpaired) electrons. The number of anilines is 3. The SMILES string of the molecule is c1ccc(-c2ccc(-c3ccc(N(c4cccc(-c5ccc6c7c(cccc57)-c5ccccc5O6)c4)c4cccc5ccccc45)cc3)cc2-c2ccccc2)cc1. The van der Waals surface area contributed by atoms with E-state index < -0.39 is 0 Å². The average Bonchev–Trinajstić information content (AvgIpc) is 3.30. The van der Waals surface area contributed by atoms with Gasteiger partial charge in [-0.3, -0.25) is 0 Å². The van der Waals surface area contributed by atoms with Gasteiger partial charge in [0.25, 0.3) is 0 Å². The highest BCUT2D eigenvalue weighted by molar-refractivity contribution is 6.10. The molecule has 0 bridgehead atoms. The van der Waals surface area contributed by atoms with Crippen LogP contribution in [0.2, 0.25) is 0 Å². The van der Waals surface area contributed by atoms with Crippen molar-refractivity contribution in [3.63, 3.8) is 0 Å². The van der Waals surface area contributed by atoms with E-state index >= 15 is 0 Å². The molecule has 0 amide bonds. The first-order chi connectivity index (χ1) is 28.8. The van der Waals surface area contributed by atoms with Crippen molar-refractivity contribution < 1.29 is 4.74 Å². The van der Waals surface area contributed by atoms with Crippen LogP contribution >= 0.6 is 0 Å². The lowest BCUT2D eigenvalue weighted by Crippen LogP contribution is -2.10. The summed E-state index contributed by atoms with van der Waals surface area (Å²) in [5.41, 5.74) is 15.2. The largest absolute Gasteiger partial charge is 0.456 e. The zero-order valence-corrected chi connectivity index (χ0v) is 31.7. The van der Waals surface area contributed by atoms with Gasteiger partial charge in [-0.05, 0) is 109 Å². The quantitative estimate of drug-likeness (QED) is 0.161. The van der Waals surface area contributed by atoms with E-state index in [-0.39, 0.29) is 0 Å². The Hall–Kier alpha value is -7.68. The van der Waals surface area contributed by atoms with Crippen molar-refractivity contribution in [2.75, 3.05) is 4.90 Å². The molecule has 10 aromatic rings. The lowest BCUT2D eigenvalue weighted by molar-refractivity contribution is 0.487. The summed E-state index contributed by atoms with van der Waals surface area (Å²) in [6.45, 7) is 0. The smallest absolute Gasteiger partial charge is 0.135 e. The third-order valence-corrected chi connectivity index (χ3v) is 11.5. The van der Waals surface area contributed by atoms with E-state index in [2.05, 4.69) is 217 Å². The second kappa shape index (κ2) is 14.1. The Bertz CT molecular complexity index is 3130. The molecule has 0 saturated carbocycles. The van der Waals surface area contributed by atoms with Crippen LogP contribution in [0.1, 0.15) is 0 Å². The highest BCUT2D eigenvalue weighted by atomic mass is 16.5. The molecule has 0 N–H and O–H groups in total. The number of hydrogen-bond acceptors (Lipinski definition) is 2. The Morgan fingerprint density at radius 1 is 0.293 bits per heavy atom. The molecule has 0 aromatic heterocycles. The summed E-state index contributed by atoms with van der Waals surface area (Å²) in [5, 5.41) is 4.73. The summed E-state index contributed by atoms with van der Waals surface area (Å²) in [5.74, 6) is 1.79. The van der Waals surface area contributed by atoms with Gasteiger partial charge in [0, 0.05) is 27.7 Å². The second-order valence-corrected chi connectivity index (χ2v) is 14.9. The van der Waals surface area contributed by atoms with Crippen LogP contribution in [0, 0.1) is 0 Å². The molecule has 0 aliphatic carbocycles. The minimum Gasteiger partial charge on any atom is -0.456 e. The fourth-order valence-corrected chi connectivity index (χ4v) is 8.73. The predicted octanol–water partition coefficient (Wildman–Crippen LogP) is 15.9. The van der Waals surface area contributed by atoms with Crippen molar-refractivity contribution in [3.8, 4) is 67.1 Å². The van der Waals surface area contributed by atoms with Crippen molar-refractivity contribution in [1.29, 1.82) is 0 Å². The molecule has 10 aromatic carbocycles. The van der Waals surface area contributed by atoms with Crippen LogP contribution in [-0.4, -0.2) is 0 Å². The molecule has 0 spiro atoms. The van der Waals surface area contributed by atoms with Crippen LogP contribution in [0.3, 0.4) is 0 Å². The molecule has 2 nitrogen and oxygen atoms in total. The topological polar surface area (TPSA) is 12.5 Å². The molecule has 1 aliphatic rings. The molecule has 11 rings (SSSR count). The highest BCUT2D eigenvalue weighted by Gasteiger charge is 2.22. The summed E-state index contributed by atoms with van der Waals surface area (Å²) >= 11 is 0. The zero-order valence-electron chi connectivity index (χ0n) is 31.7. The molecule has 58 heavy (non-hydrogen) atoms. The third kappa shape index (κ3) is 5.82. The molecule has 0 fully saturated rings. The highest BCUT2D eigenvalue weighted by Crippen LogP contribution is 2.49. The van der Waals surface area contributed by atoms with Gasteiger partial charge in [-0.15, -0.1) is 0 Å². The maximum Gasteiger partial charge on any atom is 0.135 e. The summed E-state index contributed by atoms with van der Waals surface area (Å²) in [7, 11) is 0. The van der Waals surface area contributed by atoms with Crippen molar-refractivity contribution >= 4 is 38.6 Å². The van der Waals surface area contributed by atoms with Crippen LogP contribution in [0.5, 0.6) is 11.5 Å². The normalized spacial score (nSPS) is 11.6. The predicted molar refractivity (Wildman–Crippen MR) is 243 cm³/mol. The van der Waals surface area contributed by atoms with E-state index in [0.717, 1.165) is 45.1 Å². The molecular formula is C56H37NO.